The summed E-state index contributed by atoms with van der Waals surface area (Å²) in [6.07, 6.45) is 1.94. The molecule has 6 heteroatoms. The van der Waals surface area contributed by atoms with Gasteiger partial charge in [-0.25, -0.2) is 0 Å². The van der Waals surface area contributed by atoms with Gasteiger partial charge in [0.15, 0.2) is 0 Å². The van der Waals surface area contributed by atoms with Gasteiger partial charge in [0.05, 0.1) is 25.4 Å². The number of aliphatic hydroxyl groups excluding tert-OH is 1. The Labute approximate surface area is 143 Å². The van der Waals surface area contributed by atoms with Crippen LogP contribution in [0.1, 0.15) is 12.8 Å². The average molecular weight is 336 g/mol. The third-order valence-electron chi connectivity index (χ3n) is 4.69. The Morgan fingerprint density at radius 2 is 1.92 bits per heavy atom. The van der Waals surface area contributed by atoms with Crippen molar-refractivity contribution < 1.29 is 19.7 Å². The summed E-state index contributed by atoms with van der Waals surface area (Å²) in [5, 5.41) is 19.5. The molecule has 0 radical (unpaired) electrons. The maximum absolute atomic E-state index is 10.1. The highest BCUT2D eigenvalue weighted by atomic mass is 16.5. The van der Waals surface area contributed by atoms with Gasteiger partial charge in [0.25, 0.3) is 0 Å². The van der Waals surface area contributed by atoms with Crippen LogP contribution in [0, 0.1) is 0 Å². The quantitative estimate of drug-likeness (QED) is 0.777. The Morgan fingerprint density at radius 1 is 1.17 bits per heavy atom. The van der Waals surface area contributed by atoms with Gasteiger partial charge in [0, 0.05) is 45.0 Å². The number of anilines is 1. The Morgan fingerprint density at radius 3 is 2.58 bits per heavy atom. The minimum absolute atomic E-state index is 0.214. The maximum Gasteiger partial charge on any atom is 0.115 e. The number of piperazine rings is 1. The first-order valence-electron chi connectivity index (χ1n) is 8.84. The lowest BCUT2D eigenvalue weighted by Gasteiger charge is -2.36. The fourth-order valence-electron chi connectivity index (χ4n) is 3.31. The van der Waals surface area contributed by atoms with E-state index in [1.54, 1.807) is 12.1 Å². The second-order valence-electron chi connectivity index (χ2n) is 6.63. The molecule has 0 aromatic heterocycles. The third kappa shape index (κ3) is 5.08. The van der Waals surface area contributed by atoms with Crippen molar-refractivity contribution >= 4 is 5.69 Å². The number of aliphatic hydroxyl groups is 1. The van der Waals surface area contributed by atoms with Crippen LogP contribution in [-0.2, 0) is 9.47 Å². The van der Waals surface area contributed by atoms with Crippen LogP contribution in [0.4, 0.5) is 5.69 Å². The van der Waals surface area contributed by atoms with E-state index >= 15 is 0 Å². The van der Waals surface area contributed by atoms with Crippen LogP contribution in [0.3, 0.4) is 0 Å². The third-order valence-corrected chi connectivity index (χ3v) is 4.69. The molecule has 0 unspecified atom stereocenters. The van der Waals surface area contributed by atoms with Crippen LogP contribution in [0.5, 0.6) is 5.75 Å². The minimum Gasteiger partial charge on any atom is -0.508 e. The zero-order chi connectivity index (χ0) is 16.8. The van der Waals surface area contributed by atoms with E-state index in [0.717, 1.165) is 51.3 Å². The van der Waals surface area contributed by atoms with E-state index in [1.807, 2.05) is 12.1 Å². The lowest BCUT2D eigenvalue weighted by Crippen LogP contribution is -2.49. The number of β-amino-alcohol motifs (C(OH)–C–C–N with tert-alkyl or cyclic N) is 1. The molecular formula is C18H28N2O4. The lowest BCUT2D eigenvalue weighted by atomic mass is 10.2. The summed E-state index contributed by atoms with van der Waals surface area (Å²) in [5.74, 6) is 0.295. The second kappa shape index (κ2) is 8.67. The smallest absolute Gasteiger partial charge is 0.115 e. The maximum atomic E-state index is 10.1. The zero-order valence-electron chi connectivity index (χ0n) is 14.1. The topological polar surface area (TPSA) is 65.4 Å². The molecule has 3 rings (SSSR count). The number of benzene rings is 1. The van der Waals surface area contributed by atoms with E-state index in [1.165, 1.54) is 0 Å². The molecule has 0 amide bonds. The zero-order valence-corrected chi connectivity index (χ0v) is 14.1. The molecule has 0 aliphatic carbocycles. The molecule has 2 N–H and O–H groups in total. The molecule has 24 heavy (non-hydrogen) atoms. The van der Waals surface area contributed by atoms with Crippen molar-refractivity contribution in [1.82, 2.24) is 4.90 Å². The van der Waals surface area contributed by atoms with Crippen molar-refractivity contribution in [3.05, 3.63) is 24.3 Å². The Kier molecular flexibility index (Phi) is 6.31. The van der Waals surface area contributed by atoms with Crippen LogP contribution >= 0.6 is 0 Å². The molecule has 0 saturated carbocycles. The summed E-state index contributed by atoms with van der Waals surface area (Å²) in [6, 6.07) is 7.32. The molecule has 6 nitrogen and oxygen atoms in total. The van der Waals surface area contributed by atoms with Gasteiger partial charge >= 0.3 is 0 Å². The van der Waals surface area contributed by atoms with Gasteiger partial charge in [0.1, 0.15) is 5.75 Å². The van der Waals surface area contributed by atoms with Crippen molar-refractivity contribution in [3.8, 4) is 5.75 Å². The summed E-state index contributed by atoms with van der Waals surface area (Å²) in [7, 11) is 0. The number of ether oxygens (including phenoxy) is 2. The van der Waals surface area contributed by atoms with E-state index in [4.69, 9.17) is 9.47 Å². The van der Waals surface area contributed by atoms with Gasteiger partial charge in [0.2, 0.25) is 0 Å². The largest absolute Gasteiger partial charge is 0.508 e. The van der Waals surface area contributed by atoms with Crippen molar-refractivity contribution in [1.29, 1.82) is 0 Å². The van der Waals surface area contributed by atoms with Crippen molar-refractivity contribution in [2.45, 2.75) is 25.0 Å². The summed E-state index contributed by atoms with van der Waals surface area (Å²) in [6.45, 7) is 6.14. The Balaban J connectivity index is 1.33. The highest BCUT2D eigenvalue weighted by Gasteiger charge is 2.20. The van der Waals surface area contributed by atoms with Gasteiger partial charge < -0.3 is 24.6 Å². The first-order valence-corrected chi connectivity index (χ1v) is 8.84. The molecule has 0 spiro atoms. The van der Waals surface area contributed by atoms with Gasteiger partial charge in [-0.2, -0.15) is 0 Å². The van der Waals surface area contributed by atoms with Crippen LogP contribution in [0.25, 0.3) is 0 Å². The fraction of sp³-hybridized carbons (Fsp3) is 0.667. The minimum atomic E-state index is -0.452. The molecular weight excluding hydrogens is 308 g/mol. The number of rotatable bonds is 7. The van der Waals surface area contributed by atoms with E-state index in [9.17, 15) is 10.2 Å². The van der Waals surface area contributed by atoms with Crippen molar-refractivity contribution in [2.75, 3.05) is 57.4 Å². The summed E-state index contributed by atoms with van der Waals surface area (Å²) in [5.41, 5.74) is 1.13. The summed E-state index contributed by atoms with van der Waals surface area (Å²) < 4.78 is 11.1. The second-order valence-corrected chi connectivity index (χ2v) is 6.63. The number of nitrogens with zero attached hydrogens (tertiary/aromatic N) is 2. The highest BCUT2D eigenvalue weighted by molar-refractivity contribution is 5.49. The van der Waals surface area contributed by atoms with Crippen molar-refractivity contribution in [2.24, 2.45) is 0 Å². The normalized spacial score (nSPS) is 23.5. The molecule has 2 aliphatic heterocycles. The first kappa shape index (κ1) is 17.5. The molecule has 2 fully saturated rings. The highest BCUT2D eigenvalue weighted by Crippen LogP contribution is 2.20. The number of phenolic OH excluding ortho intramolecular Hbond substituents is 1. The molecule has 0 bridgehead atoms. The molecule has 2 aliphatic rings. The van der Waals surface area contributed by atoms with Crippen LogP contribution in [-0.4, -0.2) is 79.9 Å². The predicted molar refractivity (Wildman–Crippen MR) is 92.6 cm³/mol. The summed E-state index contributed by atoms with van der Waals surface area (Å²) in [4.78, 5) is 4.58. The fourth-order valence-corrected chi connectivity index (χ4v) is 3.31. The van der Waals surface area contributed by atoms with E-state index in [-0.39, 0.29) is 6.10 Å². The predicted octanol–water partition coefficient (Wildman–Crippen LogP) is 1.07. The number of aromatic hydroxyl groups is 1. The SMILES string of the molecule is Oc1ccc(N2CCN(C[C@H](O)COC[C@@H]3CCCO3)CC2)cc1. The van der Waals surface area contributed by atoms with E-state index < -0.39 is 6.10 Å². The molecule has 1 aromatic carbocycles. The first-order chi connectivity index (χ1) is 11.7. The van der Waals surface area contributed by atoms with Gasteiger partial charge in [-0.15, -0.1) is 0 Å². The molecule has 2 saturated heterocycles. The molecule has 2 atom stereocenters. The lowest BCUT2D eigenvalue weighted by molar-refractivity contribution is -0.0254. The van der Waals surface area contributed by atoms with Crippen LogP contribution in [0.2, 0.25) is 0 Å². The molecule has 2 heterocycles. The Hall–Kier alpha value is -1.34. The molecule has 134 valence electrons. The van der Waals surface area contributed by atoms with Crippen LogP contribution < -0.4 is 4.90 Å². The standard InChI is InChI=1S/C18H28N2O4/c21-16-5-3-15(4-6-16)20-9-7-19(8-10-20)12-17(22)13-23-14-18-2-1-11-24-18/h3-6,17-18,21-22H,1-2,7-14H2/t17-,18-/m0/s1. The monoisotopic (exact) mass is 336 g/mol. The van der Waals surface area contributed by atoms with E-state index in [0.29, 0.717) is 25.5 Å². The van der Waals surface area contributed by atoms with Crippen molar-refractivity contribution in [3.63, 3.8) is 0 Å². The molecule has 1 aromatic rings. The van der Waals surface area contributed by atoms with Gasteiger partial charge in [-0.3, -0.25) is 4.90 Å². The van der Waals surface area contributed by atoms with Gasteiger partial charge in [-0.05, 0) is 37.1 Å². The number of hydrogen-bond donors (Lipinski definition) is 2. The van der Waals surface area contributed by atoms with Crippen LogP contribution in [0.15, 0.2) is 24.3 Å². The average Bonchev–Trinajstić information content (AvgIpc) is 3.10. The Bertz CT molecular complexity index is 482. The number of phenols is 1. The number of hydrogen-bond acceptors (Lipinski definition) is 6. The summed E-state index contributed by atoms with van der Waals surface area (Å²) >= 11 is 0. The van der Waals surface area contributed by atoms with Gasteiger partial charge in [-0.1, -0.05) is 0 Å². The van der Waals surface area contributed by atoms with E-state index in [2.05, 4.69) is 9.80 Å².